The van der Waals surface area contributed by atoms with Crippen LogP contribution >= 0.6 is 11.3 Å². The van der Waals surface area contributed by atoms with E-state index in [-0.39, 0.29) is 10.3 Å². The van der Waals surface area contributed by atoms with Crippen LogP contribution in [0.1, 0.15) is 26.3 Å². The fraction of sp³-hybridized carbons (Fsp3) is 0.308. The lowest BCUT2D eigenvalue weighted by atomic mass is 9.88. The van der Waals surface area contributed by atoms with Crippen molar-refractivity contribution in [3.8, 4) is 0 Å². The molecule has 0 aliphatic carbocycles. The molecule has 3 heterocycles. The van der Waals surface area contributed by atoms with Gasteiger partial charge in [0, 0.05) is 6.07 Å². The topological polar surface area (TPSA) is 49.9 Å². The molecule has 0 spiro atoms. The van der Waals surface area contributed by atoms with Gasteiger partial charge in [0.1, 0.15) is 10.9 Å². The molecule has 0 bridgehead atoms. The Morgan fingerprint density at radius 3 is 2.89 bits per heavy atom. The number of thiazole rings is 1. The molecule has 5 heteroatoms. The van der Waals surface area contributed by atoms with E-state index in [4.69, 9.17) is 0 Å². The Labute approximate surface area is 108 Å². The number of H-pyrrole nitrogens is 1. The van der Waals surface area contributed by atoms with E-state index in [0.29, 0.717) is 0 Å². The van der Waals surface area contributed by atoms with Crippen LogP contribution in [0.15, 0.2) is 29.3 Å². The first-order valence-electron chi connectivity index (χ1n) is 5.79. The molecule has 0 amide bonds. The smallest absolute Gasteiger partial charge is 0.238 e. The standard InChI is InChI=1S/C13H13N3OS/c1-13(2,3)8-4-5-16-10(6-8)14-7-9-11(16)15-12(17)18-9/h4-7H,1-3H3/p+1. The fourth-order valence-corrected chi connectivity index (χ4v) is 2.67. The molecule has 92 valence electrons. The molecule has 3 rings (SSSR count). The van der Waals surface area contributed by atoms with E-state index in [0.717, 1.165) is 16.0 Å². The van der Waals surface area contributed by atoms with Crippen LogP contribution in [0.2, 0.25) is 0 Å². The molecular weight excluding hydrogens is 246 g/mol. The third-order valence-corrected chi connectivity index (χ3v) is 3.82. The number of nitrogens with one attached hydrogen (secondary N) is 1. The Hall–Kier alpha value is -1.75. The molecule has 0 aromatic carbocycles. The predicted octanol–water partition coefficient (Wildman–Crippen LogP) is 2.02. The number of hydrogen-bond donors (Lipinski definition) is 1. The van der Waals surface area contributed by atoms with Gasteiger partial charge in [-0.25, -0.2) is 14.2 Å². The van der Waals surface area contributed by atoms with Gasteiger partial charge in [-0.1, -0.05) is 20.8 Å². The lowest BCUT2D eigenvalue weighted by Gasteiger charge is -2.18. The second-order valence-corrected chi connectivity index (χ2v) is 6.39. The number of fused-ring (bicyclic) bond motifs is 3. The van der Waals surface area contributed by atoms with Gasteiger partial charge in [-0.05, 0) is 28.4 Å². The van der Waals surface area contributed by atoms with Crippen LogP contribution in [0.3, 0.4) is 0 Å². The minimum atomic E-state index is -0.0494. The quantitative estimate of drug-likeness (QED) is 0.629. The molecule has 4 nitrogen and oxygen atoms in total. The number of pyridine rings is 1. The van der Waals surface area contributed by atoms with Gasteiger partial charge in [-0.3, -0.25) is 0 Å². The van der Waals surface area contributed by atoms with Crippen LogP contribution in [-0.4, -0.2) is 9.97 Å². The second kappa shape index (κ2) is 3.62. The van der Waals surface area contributed by atoms with Gasteiger partial charge in [0.15, 0.2) is 0 Å². The zero-order valence-electron chi connectivity index (χ0n) is 10.5. The molecular formula is C13H14N3OS+. The molecule has 3 aromatic rings. The summed E-state index contributed by atoms with van der Waals surface area (Å²) in [5.41, 5.74) is 2.99. The van der Waals surface area contributed by atoms with E-state index in [2.05, 4.69) is 42.9 Å². The molecule has 0 radical (unpaired) electrons. The lowest BCUT2D eigenvalue weighted by molar-refractivity contribution is -0.486. The minimum Gasteiger partial charge on any atom is -0.238 e. The summed E-state index contributed by atoms with van der Waals surface area (Å²) in [6.07, 6.45) is 3.72. The van der Waals surface area contributed by atoms with Crippen molar-refractivity contribution in [2.75, 3.05) is 0 Å². The van der Waals surface area contributed by atoms with E-state index in [1.165, 1.54) is 16.9 Å². The van der Waals surface area contributed by atoms with Crippen molar-refractivity contribution in [1.29, 1.82) is 0 Å². The van der Waals surface area contributed by atoms with Crippen LogP contribution in [0.5, 0.6) is 0 Å². The molecule has 0 atom stereocenters. The van der Waals surface area contributed by atoms with Gasteiger partial charge in [0.25, 0.3) is 11.3 Å². The molecule has 0 unspecified atom stereocenters. The van der Waals surface area contributed by atoms with Crippen molar-refractivity contribution in [2.24, 2.45) is 0 Å². The molecule has 0 saturated carbocycles. The number of aromatic amines is 1. The van der Waals surface area contributed by atoms with E-state index < -0.39 is 0 Å². The fourth-order valence-electron chi connectivity index (χ4n) is 1.97. The average Bonchev–Trinajstić information content (AvgIpc) is 2.68. The summed E-state index contributed by atoms with van der Waals surface area (Å²) in [6.45, 7) is 6.51. The summed E-state index contributed by atoms with van der Waals surface area (Å²) in [4.78, 5) is 18.6. The van der Waals surface area contributed by atoms with E-state index in [1.807, 2.05) is 10.6 Å². The van der Waals surface area contributed by atoms with Gasteiger partial charge in [0.2, 0.25) is 0 Å². The molecule has 3 aromatic heterocycles. The van der Waals surface area contributed by atoms with E-state index in [9.17, 15) is 4.79 Å². The summed E-state index contributed by atoms with van der Waals surface area (Å²) >= 11 is 1.18. The first kappa shape index (κ1) is 11.3. The number of rotatable bonds is 0. The SMILES string of the molecule is CC(C)(C)c1cc[n+]2c(c1)ncc1sc(=O)[nH]c12. The van der Waals surface area contributed by atoms with E-state index in [1.54, 1.807) is 6.20 Å². The Bertz CT molecular complexity index is 795. The highest BCUT2D eigenvalue weighted by Crippen LogP contribution is 2.22. The first-order valence-corrected chi connectivity index (χ1v) is 6.60. The highest BCUT2D eigenvalue weighted by molar-refractivity contribution is 7.16. The Morgan fingerprint density at radius 1 is 1.39 bits per heavy atom. The van der Waals surface area contributed by atoms with Crippen LogP contribution in [0, 0.1) is 0 Å². The van der Waals surface area contributed by atoms with Crippen LogP contribution in [-0.2, 0) is 5.41 Å². The van der Waals surface area contributed by atoms with Crippen molar-refractivity contribution in [2.45, 2.75) is 26.2 Å². The van der Waals surface area contributed by atoms with Crippen molar-refractivity contribution < 1.29 is 4.40 Å². The maximum absolute atomic E-state index is 11.4. The average molecular weight is 260 g/mol. The van der Waals surface area contributed by atoms with Crippen molar-refractivity contribution >= 4 is 27.3 Å². The normalized spacial score (nSPS) is 12.4. The zero-order chi connectivity index (χ0) is 12.9. The van der Waals surface area contributed by atoms with Crippen molar-refractivity contribution in [3.05, 3.63) is 39.8 Å². The predicted molar refractivity (Wildman–Crippen MR) is 72.1 cm³/mol. The highest BCUT2D eigenvalue weighted by atomic mass is 32.1. The summed E-state index contributed by atoms with van der Waals surface area (Å²) in [5.74, 6) is 0. The Morgan fingerprint density at radius 2 is 2.17 bits per heavy atom. The molecule has 18 heavy (non-hydrogen) atoms. The summed E-state index contributed by atoms with van der Waals surface area (Å²) in [7, 11) is 0. The van der Waals surface area contributed by atoms with Gasteiger partial charge in [0.05, 0.1) is 6.20 Å². The molecule has 0 aliphatic rings. The van der Waals surface area contributed by atoms with E-state index >= 15 is 0 Å². The maximum atomic E-state index is 11.4. The number of hydrogen-bond acceptors (Lipinski definition) is 3. The lowest BCUT2D eigenvalue weighted by Crippen LogP contribution is -2.26. The third-order valence-electron chi connectivity index (χ3n) is 3.01. The van der Waals surface area contributed by atoms with Crippen LogP contribution < -0.4 is 9.27 Å². The Kier molecular flexibility index (Phi) is 2.28. The summed E-state index contributed by atoms with van der Waals surface area (Å²) in [6, 6.07) is 4.14. The Balaban J connectivity index is 2.37. The summed E-state index contributed by atoms with van der Waals surface area (Å²) in [5, 5.41) is 0. The van der Waals surface area contributed by atoms with Crippen molar-refractivity contribution in [3.63, 3.8) is 0 Å². The highest BCUT2D eigenvalue weighted by Gasteiger charge is 2.17. The van der Waals surface area contributed by atoms with Crippen LogP contribution in [0.25, 0.3) is 16.0 Å². The van der Waals surface area contributed by atoms with Crippen LogP contribution in [0.4, 0.5) is 0 Å². The van der Waals surface area contributed by atoms with Gasteiger partial charge >= 0.3 is 4.87 Å². The molecule has 0 aliphatic heterocycles. The molecule has 0 saturated heterocycles. The summed E-state index contributed by atoms with van der Waals surface area (Å²) < 4.78 is 2.80. The van der Waals surface area contributed by atoms with Gasteiger partial charge in [-0.15, -0.1) is 4.98 Å². The second-order valence-electron chi connectivity index (χ2n) is 5.38. The minimum absolute atomic E-state index is 0.0494. The van der Waals surface area contributed by atoms with Gasteiger partial charge < -0.3 is 0 Å². The monoisotopic (exact) mass is 260 g/mol. The molecule has 0 fully saturated rings. The van der Waals surface area contributed by atoms with Gasteiger partial charge in [-0.2, -0.15) is 0 Å². The molecule has 1 N–H and O–H groups in total. The third kappa shape index (κ3) is 1.71. The first-order chi connectivity index (χ1) is 8.45. The number of aromatic nitrogens is 3. The number of nitrogens with zero attached hydrogens (tertiary/aromatic N) is 2. The zero-order valence-corrected chi connectivity index (χ0v) is 11.3. The van der Waals surface area contributed by atoms with Crippen molar-refractivity contribution in [1.82, 2.24) is 9.97 Å². The maximum Gasteiger partial charge on any atom is 0.362 e. The largest absolute Gasteiger partial charge is 0.362 e.